The number of hydrogen-bond donors (Lipinski definition) is 1. The van der Waals surface area contributed by atoms with Crippen LogP contribution in [0.5, 0.6) is 0 Å². The molecule has 0 aromatic carbocycles. The van der Waals surface area contributed by atoms with E-state index in [0.717, 1.165) is 6.42 Å². The number of hydrogen-bond acceptors (Lipinski definition) is 4. The van der Waals surface area contributed by atoms with Crippen LogP contribution in [0.15, 0.2) is 17.3 Å². The van der Waals surface area contributed by atoms with Crippen LogP contribution >= 0.6 is 0 Å². The maximum absolute atomic E-state index is 12.6. The van der Waals surface area contributed by atoms with Gasteiger partial charge < -0.3 is 5.11 Å². The predicted octanol–water partition coefficient (Wildman–Crippen LogP) is 1.02. The van der Waals surface area contributed by atoms with Crippen LogP contribution < -0.4 is 0 Å². The van der Waals surface area contributed by atoms with Crippen LogP contribution in [0.4, 0.5) is 0 Å². The highest BCUT2D eigenvalue weighted by Gasteiger charge is 2.32. The summed E-state index contributed by atoms with van der Waals surface area (Å²) in [6, 6.07) is 0. The van der Waals surface area contributed by atoms with Gasteiger partial charge in [0.2, 0.25) is 10.0 Å². The first kappa shape index (κ1) is 16.0. The molecule has 1 saturated heterocycles. The minimum atomic E-state index is -3.54. The minimum absolute atomic E-state index is 0.0844. The van der Waals surface area contributed by atoms with Crippen molar-refractivity contribution in [2.75, 3.05) is 13.1 Å². The molecule has 1 aromatic heterocycles. The summed E-state index contributed by atoms with van der Waals surface area (Å²) >= 11 is 0. The van der Waals surface area contributed by atoms with Crippen molar-refractivity contribution < 1.29 is 18.3 Å². The summed E-state index contributed by atoms with van der Waals surface area (Å²) in [7, 11) is -3.54. The molecule has 2 atom stereocenters. The van der Waals surface area contributed by atoms with Gasteiger partial charge in [-0.1, -0.05) is 13.8 Å². The fourth-order valence-corrected chi connectivity index (χ4v) is 4.40. The van der Waals surface area contributed by atoms with Crippen LogP contribution in [0.3, 0.4) is 0 Å². The first-order valence-electron chi connectivity index (χ1n) is 7.03. The van der Waals surface area contributed by atoms with E-state index in [2.05, 4.69) is 18.9 Å². The smallest absolute Gasteiger partial charge is 0.305 e. The number of carbonyl (C=O) groups is 1. The van der Waals surface area contributed by atoms with Gasteiger partial charge in [-0.25, -0.2) is 8.42 Å². The molecule has 7 nitrogen and oxygen atoms in total. The number of aryl methyl sites for hydroxylation is 1. The van der Waals surface area contributed by atoms with Crippen molar-refractivity contribution in [1.82, 2.24) is 14.1 Å². The highest BCUT2D eigenvalue weighted by molar-refractivity contribution is 7.89. The van der Waals surface area contributed by atoms with Gasteiger partial charge in [0.25, 0.3) is 0 Å². The average Bonchev–Trinajstić information content (AvgIpc) is 2.84. The SMILES string of the molecule is CC1CC(C)CN(S(=O)(=O)c2cnn(CCC(=O)O)c2)C1. The lowest BCUT2D eigenvalue weighted by molar-refractivity contribution is -0.137. The molecule has 1 aromatic rings. The number of aromatic nitrogens is 2. The molecule has 0 aliphatic carbocycles. The van der Waals surface area contributed by atoms with Crippen LogP contribution in [0.25, 0.3) is 0 Å². The van der Waals surface area contributed by atoms with Crippen molar-refractivity contribution in [3.05, 3.63) is 12.4 Å². The van der Waals surface area contributed by atoms with Crippen molar-refractivity contribution in [3.63, 3.8) is 0 Å². The molecular formula is C13H21N3O4S. The summed E-state index contributed by atoms with van der Waals surface area (Å²) in [6.07, 6.45) is 3.65. The molecule has 0 saturated carbocycles. The van der Waals surface area contributed by atoms with Crippen molar-refractivity contribution >= 4 is 16.0 Å². The van der Waals surface area contributed by atoms with E-state index in [0.29, 0.717) is 24.9 Å². The Labute approximate surface area is 124 Å². The van der Waals surface area contributed by atoms with E-state index >= 15 is 0 Å². The Morgan fingerprint density at radius 2 is 2.00 bits per heavy atom. The van der Waals surface area contributed by atoms with E-state index in [1.807, 2.05) is 0 Å². The zero-order valence-corrected chi connectivity index (χ0v) is 13.1. The molecule has 1 fully saturated rings. The second-order valence-electron chi connectivity index (χ2n) is 5.85. The highest BCUT2D eigenvalue weighted by Crippen LogP contribution is 2.26. The third-order valence-corrected chi connectivity index (χ3v) is 5.42. The standard InChI is InChI=1S/C13H21N3O4S/c1-10-5-11(2)8-16(7-10)21(19,20)12-6-14-15(9-12)4-3-13(17)18/h6,9-11H,3-5,7-8H2,1-2H3,(H,17,18). The predicted molar refractivity (Wildman–Crippen MR) is 76.2 cm³/mol. The molecule has 8 heteroatoms. The summed E-state index contributed by atoms with van der Waals surface area (Å²) in [5.41, 5.74) is 0. The maximum Gasteiger partial charge on any atom is 0.305 e. The lowest BCUT2D eigenvalue weighted by atomic mass is 9.94. The van der Waals surface area contributed by atoms with E-state index in [4.69, 9.17) is 5.11 Å². The molecule has 0 spiro atoms. The van der Waals surface area contributed by atoms with Gasteiger partial charge in [-0.3, -0.25) is 9.48 Å². The molecule has 0 amide bonds. The zero-order chi connectivity index (χ0) is 15.6. The zero-order valence-electron chi connectivity index (χ0n) is 12.3. The Balaban J connectivity index is 2.14. The molecule has 1 aliphatic rings. The van der Waals surface area contributed by atoms with Crippen LogP contribution in [0, 0.1) is 11.8 Å². The number of piperidine rings is 1. The first-order chi connectivity index (χ1) is 9.79. The lowest BCUT2D eigenvalue weighted by Gasteiger charge is -2.33. The van der Waals surface area contributed by atoms with E-state index in [1.54, 1.807) is 0 Å². The van der Waals surface area contributed by atoms with Crippen LogP contribution in [-0.4, -0.2) is 46.7 Å². The Hall–Kier alpha value is -1.41. The summed E-state index contributed by atoms with van der Waals surface area (Å²) in [5, 5.41) is 12.6. The second-order valence-corrected chi connectivity index (χ2v) is 7.79. The monoisotopic (exact) mass is 315 g/mol. The lowest BCUT2D eigenvalue weighted by Crippen LogP contribution is -2.42. The Kier molecular flexibility index (Phi) is 4.67. The number of carboxylic acids is 1. The molecule has 21 heavy (non-hydrogen) atoms. The van der Waals surface area contributed by atoms with Gasteiger partial charge >= 0.3 is 5.97 Å². The minimum Gasteiger partial charge on any atom is -0.481 e. The van der Waals surface area contributed by atoms with Gasteiger partial charge in [-0.15, -0.1) is 0 Å². The number of sulfonamides is 1. The highest BCUT2D eigenvalue weighted by atomic mass is 32.2. The summed E-state index contributed by atoms with van der Waals surface area (Å²) in [4.78, 5) is 10.7. The molecule has 2 rings (SSSR count). The third-order valence-electron chi connectivity index (χ3n) is 3.64. The normalized spacial score (nSPS) is 24.1. The molecular weight excluding hydrogens is 294 g/mol. The molecule has 1 N–H and O–H groups in total. The Bertz CT molecular complexity index is 601. The van der Waals surface area contributed by atoms with Crippen LogP contribution in [0.2, 0.25) is 0 Å². The number of nitrogens with zero attached hydrogens (tertiary/aromatic N) is 3. The quantitative estimate of drug-likeness (QED) is 0.876. The molecule has 0 bridgehead atoms. The van der Waals surface area contributed by atoms with Crippen molar-refractivity contribution in [2.24, 2.45) is 11.8 Å². The second kappa shape index (κ2) is 6.15. The molecule has 0 radical (unpaired) electrons. The van der Waals surface area contributed by atoms with Gasteiger partial charge in [-0.2, -0.15) is 9.40 Å². The van der Waals surface area contributed by atoms with E-state index in [-0.39, 0.29) is 17.9 Å². The topological polar surface area (TPSA) is 92.5 Å². The van der Waals surface area contributed by atoms with E-state index < -0.39 is 16.0 Å². The van der Waals surface area contributed by atoms with Gasteiger partial charge in [0, 0.05) is 19.3 Å². The molecule has 1 aliphatic heterocycles. The molecule has 2 heterocycles. The summed E-state index contributed by atoms with van der Waals surface area (Å²) in [6.45, 7) is 5.31. The number of rotatable bonds is 5. The Morgan fingerprint density at radius 3 is 2.57 bits per heavy atom. The maximum atomic E-state index is 12.6. The average molecular weight is 315 g/mol. The number of aliphatic carboxylic acids is 1. The summed E-state index contributed by atoms with van der Waals surface area (Å²) in [5.74, 6) is -0.259. The fraction of sp³-hybridized carbons (Fsp3) is 0.692. The van der Waals surface area contributed by atoms with Crippen LogP contribution in [0.1, 0.15) is 26.7 Å². The van der Waals surface area contributed by atoms with Crippen molar-refractivity contribution in [2.45, 2.75) is 38.1 Å². The van der Waals surface area contributed by atoms with Gasteiger partial charge in [-0.05, 0) is 18.3 Å². The van der Waals surface area contributed by atoms with Gasteiger partial charge in [0.05, 0.1) is 19.2 Å². The Morgan fingerprint density at radius 1 is 1.38 bits per heavy atom. The van der Waals surface area contributed by atoms with Crippen molar-refractivity contribution in [3.8, 4) is 0 Å². The molecule has 118 valence electrons. The first-order valence-corrected chi connectivity index (χ1v) is 8.47. The van der Waals surface area contributed by atoms with E-state index in [1.165, 1.54) is 21.4 Å². The van der Waals surface area contributed by atoms with Gasteiger partial charge in [0.1, 0.15) is 4.90 Å². The van der Waals surface area contributed by atoms with E-state index in [9.17, 15) is 13.2 Å². The van der Waals surface area contributed by atoms with Crippen molar-refractivity contribution in [1.29, 1.82) is 0 Å². The fourth-order valence-electron chi connectivity index (χ4n) is 2.76. The van der Waals surface area contributed by atoms with Gasteiger partial charge in [0.15, 0.2) is 0 Å². The number of carboxylic acid groups (broad SMARTS) is 1. The van der Waals surface area contributed by atoms with Crippen LogP contribution in [-0.2, 0) is 21.4 Å². The molecule has 2 unspecified atom stereocenters. The largest absolute Gasteiger partial charge is 0.481 e. The summed E-state index contributed by atoms with van der Waals surface area (Å²) < 4.78 is 28.0. The third kappa shape index (κ3) is 3.82.